The summed E-state index contributed by atoms with van der Waals surface area (Å²) in [7, 11) is 1.56. The molecule has 0 aliphatic rings. The van der Waals surface area contributed by atoms with Gasteiger partial charge in [-0.15, -0.1) is 0 Å². The molecule has 106 valence electrons. The molecule has 0 amide bonds. The van der Waals surface area contributed by atoms with Gasteiger partial charge in [-0.2, -0.15) is 0 Å². The fourth-order valence-corrected chi connectivity index (χ4v) is 2.32. The van der Waals surface area contributed by atoms with Crippen LogP contribution in [0.2, 0.25) is 0 Å². The van der Waals surface area contributed by atoms with Crippen molar-refractivity contribution in [2.24, 2.45) is 5.92 Å². The maximum absolute atomic E-state index is 5.29. The summed E-state index contributed by atoms with van der Waals surface area (Å²) >= 11 is 8.78. The van der Waals surface area contributed by atoms with E-state index in [4.69, 9.17) is 17.0 Å². The monoisotopic (exact) mass is 354 g/mol. The normalized spacial score (nSPS) is 10.8. The van der Waals surface area contributed by atoms with E-state index in [1.807, 2.05) is 0 Å². The van der Waals surface area contributed by atoms with Gasteiger partial charge in [-0.05, 0) is 28.3 Å². The second-order valence-corrected chi connectivity index (χ2v) is 5.91. The summed E-state index contributed by atoms with van der Waals surface area (Å²) in [5, 5.41) is 0. The molecule has 0 aliphatic carbocycles. The van der Waals surface area contributed by atoms with Crippen molar-refractivity contribution in [2.45, 2.75) is 20.3 Å². The van der Waals surface area contributed by atoms with E-state index in [0.29, 0.717) is 28.0 Å². The van der Waals surface area contributed by atoms with Gasteiger partial charge in [-0.3, -0.25) is 0 Å². The highest BCUT2D eigenvalue weighted by molar-refractivity contribution is 9.10. The largest absolute Gasteiger partial charge is 0.481 e. The number of methoxy groups -OCH3 is 1. The smallest absolute Gasteiger partial charge is 0.216 e. The first-order chi connectivity index (χ1) is 9.51. The highest BCUT2D eigenvalue weighted by atomic mass is 79.9. The van der Waals surface area contributed by atoms with E-state index in [0.717, 1.165) is 16.6 Å². The van der Waals surface area contributed by atoms with Crippen molar-refractivity contribution in [3.05, 3.63) is 27.2 Å². The molecule has 0 spiro atoms. The molecule has 0 atom stereocenters. The van der Waals surface area contributed by atoms with Gasteiger partial charge in [-0.1, -0.05) is 26.1 Å². The lowest BCUT2D eigenvalue weighted by Gasteiger charge is -2.10. The van der Waals surface area contributed by atoms with Crippen molar-refractivity contribution in [3.63, 3.8) is 0 Å². The lowest BCUT2D eigenvalue weighted by molar-refractivity contribution is 0.397. The number of aromatic nitrogens is 4. The van der Waals surface area contributed by atoms with E-state index >= 15 is 0 Å². The van der Waals surface area contributed by atoms with Crippen LogP contribution < -0.4 is 4.74 Å². The molecule has 0 aromatic carbocycles. The van der Waals surface area contributed by atoms with Gasteiger partial charge in [-0.25, -0.2) is 15.0 Å². The van der Waals surface area contributed by atoms with Gasteiger partial charge in [0, 0.05) is 11.8 Å². The van der Waals surface area contributed by atoms with Gasteiger partial charge in [0.25, 0.3) is 0 Å². The molecule has 0 saturated carbocycles. The Morgan fingerprint density at radius 3 is 2.80 bits per heavy atom. The van der Waals surface area contributed by atoms with E-state index in [1.165, 1.54) is 6.33 Å². The van der Waals surface area contributed by atoms with Crippen molar-refractivity contribution in [3.8, 4) is 17.4 Å². The van der Waals surface area contributed by atoms with Crippen molar-refractivity contribution < 1.29 is 4.74 Å². The molecule has 5 nitrogen and oxygen atoms in total. The van der Waals surface area contributed by atoms with E-state index in [9.17, 15) is 0 Å². The Hall–Kier alpha value is -1.34. The van der Waals surface area contributed by atoms with Gasteiger partial charge in [0.1, 0.15) is 16.7 Å². The minimum atomic E-state index is 0.490. The molecule has 7 heteroatoms. The summed E-state index contributed by atoms with van der Waals surface area (Å²) < 4.78 is 6.46. The van der Waals surface area contributed by atoms with Crippen LogP contribution in [0.5, 0.6) is 5.88 Å². The van der Waals surface area contributed by atoms with Crippen molar-refractivity contribution in [2.75, 3.05) is 7.11 Å². The molecular formula is C13H15BrN4OS. The van der Waals surface area contributed by atoms with Crippen molar-refractivity contribution in [1.82, 2.24) is 19.9 Å². The van der Waals surface area contributed by atoms with Crippen molar-refractivity contribution in [1.29, 1.82) is 0 Å². The number of rotatable bonds is 4. The lowest BCUT2D eigenvalue weighted by atomic mass is 10.1. The topological polar surface area (TPSA) is 63.7 Å². The molecule has 0 bridgehead atoms. The number of aromatic amines is 1. The average molecular weight is 355 g/mol. The minimum absolute atomic E-state index is 0.490. The fourth-order valence-electron chi connectivity index (χ4n) is 1.76. The van der Waals surface area contributed by atoms with Gasteiger partial charge in [0.2, 0.25) is 5.88 Å². The van der Waals surface area contributed by atoms with Crippen LogP contribution in [-0.2, 0) is 6.42 Å². The van der Waals surface area contributed by atoms with Crippen LogP contribution in [0.25, 0.3) is 11.5 Å². The zero-order valence-electron chi connectivity index (χ0n) is 11.5. The number of hydrogen-bond acceptors (Lipinski definition) is 5. The van der Waals surface area contributed by atoms with Crippen LogP contribution in [-0.4, -0.2) is 27.0 Å². The van der Waals surface area contributed by atoms with E-state index in [1.54, 1.807) is 13.2 Å². The van der Waals surface area contributed by atoms with Crippen LogP contribution in [0.1, 0.15) is 19.5 Å². The lowest BCUT2D eigenvalue weighted by Crippen LogP contribution is -2.03. The number of ether oxygens (including phenoxy) is 1. The second-order valence-electron chi connectivity index (χ2n) is 4.73. The molecule has 20 heavy (non-hydrogen) atoms. The van der Waals surface area contributed by atoms with Crippen molar-refractivity contribution >= 4 is 28.1 Å². The molecular weight excluding hydrogens is 340 g/mol. The Morgan fingerprint density at radius 1 is 1.40 bits per heavy atom. The Morgan fingerprint density at radius 2 is 2.15 bits per heavy atom. The summed E-state index contributed by atoms with van der Waals surface area (Å²) in [6.07, 6.45) is 2.32. The van der Waals surface area contributed by atoms with Crippen LogP contribution >= 0.6 is 28.1 Å². The van der Waals surface area contributed by atoms with Crippen LogP contribution in [0, 0.1) is 10.6 Å². The standard InChI is InChI=1S/C13H15BrN4OS/c1-7(2)4-8-11(14)13(20)18-12(17-8)9-5-10(19-3)16-6-15-9/h5-7H,4H2,1-3H3,(H,17,18,20). The van der Waals surface area contributed by atoms with Gasteiger partial charge in [0.05, 0.1) is 11.6 Å². The summed E-state index contributed by atoms with van der Waals surface area (Å²) in [5.41, 5.74) is 1.67. The Kier molecular flexibility index (Phi) is 4.82. The third-order valence-corrected chi connectivity index (χ3v) is 4.05. The molecule has 2 rings (SSSR count). The molecule has 2 aromatic rings. The molecule has 0 unspecified atom stereocenters. The van der Waals surface area contributed by atoms with Gasteiger partial charge in [0.15, 0.2) is 5.82 Å². The highest BCUT2D eigenvalue weighted by Gasteiger charge is 2.11. The first-order valence-electron chi connectivity index (χ1n) is 6.16. The minimum Gasteiger partial charge on any atom is -0.481 e. The Balaban J connectivity index is 2.51. The first-order valence-corrected chi connectivity index (χ1v) is 7.36. The number of H-pyrrole nitrogens is 1. The quantitative estimate of drug-likeness (QED) is 0.850. The summed E-state index contributed by atoms with van der Waals surface area (Å²) in [5.74, 6) is 1.62. The zero-order valence-corrected chi connectivity index (χ0v) is 13.9. The zero-order chi connectivity index (χ0) is 14.7. The number of nitrogens with zero attached hydrogens (tertiary/aromatic N) is 3. The fraction of sp³-hybridized carbons (Fsp3) is 0.385. The summed E-state index contributed by atoms with van der Waals surface area (Å²) in [4.78, 5) is 15.8. The van der Waals surface area contributed by atoms with E-state index < -0.39 is 0 Å². The Bertz CT molecular complexity index is 672. The highest BCUT2D eigenvalue weighted by Crippen LogP contribution is 2.23. The molecule has 0 saturated heterocycles. The molecule has 2 heterocycles. The summed E-state index contributed by atoms with van der Waals surface area (Å²) in [6, 6.07) is 1.72. The maximum Gasteiger partial charge on any atom is 0.216 e. The summed E-state index contributed by atoms with van der Waals surface area (Å²) in [6.45, 7) is 4.30. The number of halogens is 1. The third kappa shape index (κ3) is 3.40. The van der Waals surface area contributed by atoms with Crippen LogP contribution in [0.15, 0.2) is 16.9 Å². The predicted octanol–water partition coefficient (Wildman–Crippen LogP) is 3.57. The predicted molar refractivity (Wildman–Crippen MR) is 83.2 cm³/mol. The maximum atomic E-state index is 5.29. The van der Waals surface area contributed by atoms with E-state index in [2.05, 4.69) is 49.7 Å². The van der Waals surface area contributed by atoms with Crippen LogP contribution in [0.4, 0.5) is 0 Å². The third-order valence-electron chi connectivity index (χ3n) is 2.64. The van der Waals surface area contributed by atoms with Crippen LogP contribution in [0.3, 0.4) is 0 Å². The SMILES string of the molecule is COc1cc(-c2nc(=S)c(Br)c(CC(C)C)[nH]2)ncn1. The van der Waals surface area contributed by atoms with Gasteiger partial charge >= 0.3 is 0 Å². The molecule has 0 aliphatic heterocycles. The first kappa shape index (κ1) is 15.1. The number of nitrogens with one attached hydrogen (secondary N) is 1. The molecule has 2 aromatic heterocycles. The van der Waals surface area contributed by atoms with E-state index in [-0.39, 0.29) is 0 Å². The molecule has 0 fully saturated rings. The molecule has 1 N–H and O–H groups in total. The number of hydrogen-bond donors (Lipinski definition) is 1. The Labute approximate surface area is 131 Å². The second kappa shape index (κ2) is 6.41. The average Bonchev–Trinajstić information content (AvgIpc) is 2.43. The molecule has 0 radical (unpaired) electrons. The van der Waals surface area contributed by atoms with Gasteiger partial charge < -0.3 is 9.72 Å².